The van der Waals surface area contributed by atoms with Gasteiger partial charge in [-0.1, -0.05) is 0 Å². The van der Waals surface area contributed by atoms with E-state index in [1.165, 1.54) is 13.2 Å². The molecule has 0 aliphatic carbocycles. The predicted molar refractivity (Wildman–Crippen MR) is 68.1 cm³/mol. The van der Waals surface area contributed by atoms with Crippen LogP contribution in [0.15, 0.2) is 12.1 Å². The average molecular weight is 252 g/mol. The van der Waals surface area contributed by atoms with E-state index in [0.29, 0.717) is 17.7 Å². The summed E-state index contributed by atoms with van der Waals surface area (Å²) in [5.74, 6) is -0.0743. The third-order valence-electron chi connectivity index (χ3n) is 2.33. The maximum Gasteiger partial charge on any atom is 0.340 e. The zero-order valence-electron chi connectivity index (χ0n) is 10.6. The van der Waals surface area contributed by atoms with Gasteiger partial charge in [0.05, 0.1) is 18.4 Å². The Hall–Kier alpha value is -2.24. The number of aldehydes is 1. The molecule has 6 nitrogen and oxygen atoms in total. The molecule has 0 saturated carbocycles. The SMILES string of the molecule is COC(=O)c1cc(N(C)C)c(OCC=O)cc1N. The van der Waals surface area contributed by atoms with Gasteiger partial charge >= 0.3 is 5.97 Å². The second-order valence-corrected chi connectivity index (χ2v) is 3.77. The number of hydrogen-bond donors (Lipinski definition) is 1. The van der Waals surface area contributed by atoms with Crippen molar-refractivity contribution < 1.29 is 19.1 Å². The number of hydrogen-bond acceptors (Lipinski definition) is 6. The number of carbonyl (C=O) groups is 2. The Kier molecular flexibility index (Phi) is 4.53. The fourth-order valence-corrected chi connectivity index (χ4v) is 1.46. The van der Waals surface area contributed by atoms with Crippen LogP contribution >= 0.6 is 0 Å². The first-order valence-electron chi connectivity index (χ1n) is 5.26. The van der Waals surface area contributed by atoms with Crippen LogP contribution in [-0.2, 0) is 9.53 Å². The lowest BCUT2D eigenvalue weighted by Gasteiger charge is -2.19. The average Bonchev–Trinajstić information content (AvgIpc) is 2.34. The summed E-state index contributed by atoms with van der Waals surface area (Å²) in [4.78, 5) is 23.6. The van der Waals surface area contributed by atoms with Gasteiger partial charge in [-0.25, -0.2) is 4.79 Å². The van der Waals surface area contributed by atoms with Gasteiger partial charge in [-0.3, -0.25) is 4.79 Å². The van der Waals surface area contributed by atoms with Crippen molar-refractivity contribution in [2.75, 3.05) is 38.4 Å². The number of ether oxygens (including phenoxy) is 2. The van der Waals surface area contributed by atoms with Crippen LogP contribution in [0.5, 0.6) is 5.75 Å². The number of nitrogen functional groups attached to an aromatic ring is 1. The van der Waals surface area contributed by atoms with E-state index in [4.69, 9.17) is 10.5 Å². The van der Waals surface area contributed by atoms with Crippen LogP contribution in [0.1, 0.15) is 10.4 Å². The zero-order valence-corrected chi connectivity index (χ0v) is 10.6. The molecule has 0 amide bonds. The minimum absolute atomic E-state index is 0.0716. The number of methoxy groups -OCH3 is 1. The molecular weight excluding hydrogens is 236 g/mol. The molecule has 0 radical (unpaired) electrons. The largest absolute Gasteiger partial charge is 0.484 e. The van der Waals surface area contributed by atoms with E-state index in [9.17, 15) is 9.59 Å². The highest BCUT2D eigenvalue weighted by atomic mass is 16.5. The highest BCUT2D eigenvalue weighted by molar-refractivity contribution is 5.97. The lowest BCUT2D eigenvalue weighted by atomic mass is 10.1. The van der Waals surface area contributed by atoms with Gasteiger partial charge in [0.2, 0.25) is 0 Å². The third-order valence-corrected chi connectivity index (χ3v) is 2.33. The topological polar surface area (TPSA) is 81.9 Å². The highest BCUT2D eigenvalue weighted by Crippen LogP contribution is 2.32. The molecule has 0 unspecified atom stereocenters. The Morgan fingerprint density at radius 1 is 1.44 bits per heavy atom. The minimum atomic E-state index is -0.516. The number of anilines is 2. The van der Waals surface area contributed by atoms with Crippen LogP contribution < -0.4 is 15.4 Å². The molecule has 0 bridgehead atoms. The Morgan fingerprint density at radius 3 is 2.61 bits per heavy atom. The molecule has 0 aromatic heterocycles. The van der Waals surface area contributed by atoms with Gasteiger partial charge in [0.15, 0.2) is 6.29 Å². The molecule has 0 heterocycles. The number of rotatable bonds is 5. The summed E-state index contributed by atoms with van der Waals surface area (Å²) in [6.07, 6.45) is 0.643. The van der Waals surface area contributed by atoms with Gasteiger partial charge in [-0.05, 0) is 6.07 Å². The van der Waals surface area contributed by atoms with E-state index in [0.717, 1.165) is 0 Å². The van der Waals surface area contributed by atoms with Crippen LogP contribution in [0.3, 0.4) is 0 Å². The van der Waals surface area contributed by atoms with E-state index in [1.54, 1.807) is 25.1 Å². The number of carbonyl (C=O) groups excluding carboxylic acids is 2. The Balaban J connectivity index is 3.24. The maximum atomic E-state index is 11.5. The van der Waals surface area contributed by atoms with Gasteiger partial charge in [-0.2, -0.15) is 0 Å². The fraction of sp³-hybridized carbons (Fsp3) is 0.333. The monoisotopic (exact) mass is 252 g/mol. The van der Waals surface area contributed by atoms with Crippen LogP contribution in [0.25, 0.3) is 0 Å². The van der Waals surface area contributed by atoms with E-state index in [2.05, 4.69) is 4.74 Å². The van der Waals surface area contributed by atoms with Crippen LogP contribution in [0, 0.1) is 0 Å². The first kappa shape index (κ1) is 13.8. The summed E-state index contributed by atoms with van der Waals surface area (Å²) in [5, 5.41) is 0. The van der Waals surface area contributed by atoms with E-state index >= 15 is 0 Å². The van der Waals surface area contributed by atoms with Gasteiger partial charge in [0.1, 0.15) is 12.4 Å². The highest BCUT2D eigenvalue weighted by Gasteiger charge is 2.16. The van der Waals surface area contributed by atoms with Crippen molar-refractivity contribution in [2.24, 2.45) is 0 Å². The summed E-state index contributed by atoms with van der Waals surface area (Å²) in [7, 11) is 4.87. The molecule has 0 saturated heterocycles. The summed E-state index contributed by atoms with van der Waals surface area (Å²) < 4.78 is 9.89. The maximum absolute atomic E-state index is 11.5. The minimum Gasteiger partial charge on any atom is -0.484 e. The summed E-state index contributed by atoms with van der Waals surface area (Å²) >= 11 is 0. The summed E-state index contributed by atoms with van der Waals surface area (Å²) in [6, 6.07) is 3.08. The lowest BCUT2D eigenvalue weighted by Crippen LogP contribution is -2.14. The summed E-state index contributed by atoms with van der Waals surface area (Å²) in [6.45, 7) is -0.0716. The van der Waals surface area contributed by atoms with Crippen LogP contribution in [0.4, 0.5) is 11.4 Å². The molecule has 2 N–H and O–H groups in total. The van der Waals surface area contributed by atoms with Crippen molar-refractivity contribution in [3.8, 4) is 5.75 Å². The number of esters is 1. The standard InChI is InChI=1S/C12H16N2O4/c1-14(2)10-6-8(12(16)17-3)9(13)7-11(10)18-5-4-15/h4,6-7H,5,13H2,1-3H3. The smallest absolute Gasteiger partial charge is 0.340 e. The Bertz CT molecular complexity index is 458. The quantitative estimate of drug-likeness (QED) is 0.472. The molecule has 6 heteroatoms. The first-order valence-corrected chi connectivity index (χ1v) is 5.26. The van der Waals surface area contributed by atoms with Crippen molar-refractivity contribution in [1.29, 1.82) is 0 Å². The first-order chi connectivity index (χ1) is 8.51. The lowest BCUT2D eigenvalue weighted by molar-refractivity contribution is -0.109. The normalized spacial score (nSPS) is 9.72. The van der Waals surface area contributed by atoms with Gasteiger partial charge < -0.3 is 20.1 Å². The third kappa shape index (κ3) is 2.91. The van der Waals surface area contributed by atoms with Gasteiger partial charge in [-0.15, -0.1) is 0 Å². The predicted octanol–water partition coefficient (Wildman–Crippen LogP) is 0.699. The molecule has 0 aliphatic heterocycles. The molecule has 18 heavy (non-hydrogen) atoms. The van der Waals surface area contributed by atoms with E-state index < -0.39 is 5.97 Å². The fourth-order valence-electron chi connectivity index (χ4n) is 1.46. The number of nitrogens with two attached hydrogens (primary N) is 1. The molecule has 1 aromatic rings. The molecule has 1 rings (SSSR count). The molecule has 0 spiro atoms. The molecule has 1 aromatic carbocycles. The number of benzene rings is 1. The van der Waals surface area contributed by atoms with Crippen molar-refractivity contribution >= 4 is 23.6 Å². The molecule has 0 aliphatic rings. The van der Waals surface area contributed by atoms with Crippen LogP contribution in [-0.4, -0.2) is 40.1 Å². The number of nitrogens with zero attached hydrogens (tertiary/aromatic N) is 1. The Morgan fingerprint density at radius 2 is 2.11 bits per heavy atom. The molecule has 0 fully saturated rings. The molecule has 0 atom stereocenters. The van der Waals surface area contributed by atoms with Gasteiger partial charge in [0, 0.05) is 25.8 Å². The molecule has 98 valence electrons. The zero-order chi connectivity index (χ0) is 13.7. The van der Waals surface area contributed by atoms with Crippen LogP contribution in [0.2, 0.25) is 0 Å². The summed E-state index contributed by atoms with van der Waals surface area (Å²) in [5.41, 5.74) is 6.90. The van der Waals surface area contributed by atoms with Crippen molar-refractivity contribution in [2.45, 2.75) is 0 Å². The van der Waals surface area contributed by atoms with E-state index in [1.807, 2.05) is 0 Å². The molecular formula is C12H16N2O4. The van der Waals surface area contributed by atoms with Crippen molar-refractivity contribution in [3.63, 3.8) is 0 Å². The Labute approximate surface area is 105 Å². The van der Waals surface area contributed by atoms with Crippen molar-refractivity contribution in [1.82, 2.24) is 0 Å². The van der Waals surface area contributed by atoms with Crippen molar-refractivity contribution in [3.05, 3.63) is 17.7 Å². The second kappa shape index (κ2) is 5.90. The van der Waals surface area contributed by atoms with E-state index in [-0.39, 0.29) is 17.9 Å². The second-order valence-electron chi connectivity index (χ2n) is 3.77. The van der Waals surface area contributed by atoms with Gasteiger partial charge in [0.25, 0.3) is 0 Å².